The monoisotopic (exact) mass is 152 g/mol. The molecule has 5 nitrogen and oxygen atoms in total. The highest BCUT2D eigenvalue weighted by molar-refractivity contribution is 5.91. The van der Waals surface area contributed by atoms with Crippen molar-refractivity contribution in [1.82, 2.24) is 10.2 Å². The molecule has 0 radical (unpaired) electrons. The number of hydrogen-bond donors (Lipinski definition) is 2. The van der Waals surface area contributed by atoms with Gasteiger partial charge in [0.1, 0.15) is 0 Å². The molecule has 11 heavy (non-hydrogen) atoms. The molecule has 0 aromatic carbocycles. The second-order valence-electron chi connectivity index (χ2n) is 1.97. The SMILES string of the molecule is NCc1ccnnc1C(N)=O. The molecule has 1 rings (SSSR count). The lowest BCUT2D eigenvalue weighted by atomic mass is 10.2. The molecule has 0 saturated carbocycles. The van der Waals surface area contributed by atoms with Gasteiger partial charge >= 0.3 is 0 Å². The van der Waals surface area contributed by atoms with Crippen molar-refractivity contribution >= 4 is 5.91 Å². The Hall–Kier alpha value is -1.49. The van der Waals surface area contributed by atoms with Gasteiger partial charge in [0, 0.05) is 18.3 Å². The van der Waals surface area contributed by atoms with Crippen LogP contribution in [0.5, 0.6) is 0 Å². The first-order valence-electron chi connectivity index (χ1n) is 3.06. The first-order valence-corrected chi connectivity index (χ1v) is 3.06. The van der Waals surface area contributed by atoms with E-state index >= 15 is 0 Å². The minimum Gasteiger partial charge on any atom is -0.364 e. The van der Waals surface area contributed by atoms with Crippen LogP contribution in [0.1, 0.15) is 16.1 Å². The molecule has 0 saturated heterocycles. The number of carbonyl (C=O) groups is 1. The standard InChI is InChI=1S/C6H8N4O/c7-3-4-1-2-9-10-5(4)6(8)11/h1-2H,3,7H2,(H2,8,11). The average molecular weight is 152 g/mol. The molecule has 0 fully saturated rings. The Kier molecular flexibility index (Phi) is 2.12. The normalized spacial score (nSPS) is 9.55. The van der Waals surface area contributed by atoms with Gasteiger partial charge in [-0.2, -0.15) is 5.10 Å². The summed E-state index contributed by atoms with van der Waals surface area (Å²) in [4.78, 5) is 10.6. The second-order valence-corrected chi connectivity index (χ2v) is 1.97. The number of rotatable bonds is 2. The number of hydrogen-bond acceptors (Lipinski definition) is 4. The molecule has 0 atom stereocenters. The maximum Gasteiger partial charge on any atom is 0.269 e. The first kappa shape index (κ1) is 7.62. The minimum absolute atomic E-state index is 0.148. The van der Waals surface area contributed by atoms with E-state index in [2.05, 4.69) is 10.2 Å². The van der Waals surface area contributed by atoms with Crippen LogP contribution in [0.4, 0.5) is 0 Å². The summed E-state index contributed by atoms with van der Waals surface area (Å²) in [6, 6.07) is 1.62. The Balaban J connectivity index is 3.12. The van der Waals surface area contributed by atoms with E-state index in [-0.39, 0.29) is 12.2 Å². The van der Waals surface area contributed by atoms with E-state index < -0.39 is 5.91 Å². The maximum absolute atomic E-state index is 10.6. The molecule has 1 aromatic rings. The number of primary amides is 1. The lowest BCUT2D eigenvalue weighted by molar-refractivity contribution is 0.0993. The van der Waals surface area contributed by atoms with Crippen molar-refractivity contribution in [2.45, 2.75) is 6.54 Å². The minimum atomic E-state index is -0.599. The number of amides is 1. The fourth-order valence-corrected chi connectivity index (χ4v) is 0.730. The highest BCUT2D eigenvalue weighted by Crippen LogP contribution is 2.00. The molecule has 4 N–H and O–H groups in total. The van der Waals surface area contributed by atoms with Crippen LogP contribution in [0.3, 0.4) is 0 Å². The van der Waals surface area contributed by atoms with Crippen LogP contribution < -0.4 is 11.5 Å². The molecule has 0 aliphatic rings. The Labute approximate surface area is 63.4 Å². The summed E-state index contributed by atoms with van der Waals surface area (Å²) in [6.07, 6.45) is 1.47. The second kappa shape index (κ2) is 3.07. The summed E-state index contributed by atoms with van der Waals surface area (Å²) in [5.41, 5.74) is 11.1. The maximum atomic E-state index is 10.6. The topological polar surface area (TPSA) is 94.9 Å². The summed E-state index contributed by atoms with van der Waals surface area (Å²) < 4.78 is 0. The first-order chi connectivity index (χ1) is 5.25. The van der Waals surface area contributed by atoms with E-state index in [4.69, 9.17) is 11.5 Å². The van der Waals surface area contributed by atoms with Crippen molar-refractivity contribution in [3.8, 4) is 0 Å². The lowest BCUT2D eigenvalue weighted by Gasteiger charge is -1.98. The van der Waals surface area contributed by atoms with Gasteiger partial charge in [0.2, 0.25) is 0 Å². The van der Waals surface area contributed by atoms with Gasteiger partial charge in [-0.1, -0.05) is 0 Å². The summed E-state index contributed by atoms with van der Waals surface area (Å²) in [5.74, 6) is -0.599. The van der Waals surface area contributed by atoms with Gasteiger partial charge in [-0.3, -0.25) is 4.79 Å². The quantitative estimate of drug-likeness (QED) is 0.570. The molecular weight excluding hydrogens is 144 g/mol. The molecule has 0 bridgehead atoms. The molecule has 58 valence electrons. The van der Waals surface area contributed by atoms with E-state index in [9.17, 15) is 4.79 Å². The van der Waals surface area contributed by atoms with Crippen molar-refractivity contribution in [2.75, 3.05) is 0 Å². The third kappa shape index (κ3) is 1.50. The zero-order valence-electron chi connectivity index (χ0n) is 5.82. The van der Waals surface area contributed by atoms with Gasteiger partial charge in [0.25, 0.3) is 5.91 Å². The van der Waals surface area contributed by atoms with Gasteiger partial charge < -0.3 is 11.5 Å². The smallest absolute Gasteiger partial charge is 0.269 e. The Bertz CT molecular complexity index is 273. The van der Waals surface area contributed by atoms with Crippen molar-refractivity contribution < 1.29 is 4.79 Å². The van der Waals surface area contributed by atoms with Gasteiger partial charge in [-0.25, -0.2) is 0 Å². The van der Waals surface area contributed by atoms with E-state index in [1.54, 1.807) is 6.07 Å². The third-order valence-corrected chi connectivity index (χ3v) is 1.26. The molecule has 0 aliphatic carbocycles. The van der Waals surface area contributed by atoms with E-state index in [0.29, 0.717) is 5.56 Å². The van der Waals surface area contributed by atoms with Crippen LogP contribution in [-0.2, 0) is 6.54 Å². The number of carbonyl (C=O) groups excluding carboxylic acids is 1. The largest absolute Gasteiger partial charge is 0.364 e. The van der Waals surface area contributed by atoms with E-state index in [1.807, 2.05) is 0 Å². The fraction of sp³-hybridized carbons (Fsp3) is 0.167. The van der Waals surface area contributed by atoms with Crippen molar-refractivity contribution in [3.05, 3.63) is 23.5 Å². The average Bonchev–Trinajstić information content (AvgIpc) is 2.04. The zero-order valence-corrected chi connectivity index (χ0v) is 5.82. The summed E-state index contributed by atoms with van der Waals surface area (Å²) in [7, 11) is 0. The van der Waals surface area contributed by atoms with Gasteiger partial charge in [0.15, 0.2) is 5.69 Å². The Morgan fingerprint density at radius 1 is 1.64 bits per heavy atom. The van der Waals surface area contributed by atoms with Crippen LogP contribution in [0.2, 0.25) is 0 Å². The fourth-order valence-electron chi connectivity index (χ4n) is 0.730. The van der Waals surface area contributed by atoms with Crippen LogP contribution in [-0.4, -0.2) is 16.1 Å². The molecule has 1 aromatic heterocycles. The predicted molar refractivity (Wildman–Crippen MR) is 38.4 cm³/mol. The molecule has 0 unspecified atom stereocenters. The highest BCUT2D eigenvalue weighted by atomic mass is 16.1. The van der Waals surface area contributed by atoms with Gasteiger partial charge in [0.05, 0.1) is 0 Å². The van der Waals surface area contributed by atoms with Crippen LogP contribution in [0, 0.1) is 0 Å². The molecular formula is C6H8N4O. The van der Waals surface area contributed by atoms with Gasteiger partial charge in [-0.15, -0.1) is 5.10 Å². The van der Waals surface area contributed by atoms with Crippen molar-refractivity contribution in [3.63, 3.8) is 0 Å². The summed E-state index contributed by atoms with van der Waals surface area (Å²) >= 11 is 0. The number of aromatic nitrogens is 2. The van der Waals surface area contributed by atoms with Gasteiger partial charge in [-0.05, 0) is 6.07 Å². The number of nitrogens with zero attached hydrogens (tertiary/aromatic N) is 2. The highest BCUT2D eigenvalue weighted by Gasteiger charge is 2.07. The predicted octanol–water partition coefficient (Wildman–Crippen LogP) is -0.966. The molecule has 1 heterocycles. The molecule has 0 spiro atoms. The molecule has 0 aliphatic heterocycles. The van der Waals surface area contributed by atoms with Crippen molar-refractivity contribution in [1.29, 1.82) is 0 Å². The number of nitrogens with two attached hydrogens (primary N) is 2. The molecule has 1 amide bonds. The third-order valence-electron chi connectivity index (χ3n) is 1.26. The Morgan fingerprint density at radius 3 is 2.82 bits per heavy atom. The lowest BCUT2D eigenvalue weighted by Crippen LogP contribution is -2.17. The Morgan fingerprint density at radius 2 is 2.36 bits per heavy atom. The van der Waals surface area contributed by atoms with Crippen LogP contribution in [0.15, 0.2) is 12.3 Å². The van der Waals surface area contributed by atoms with E-state index in [0.717, 1.165) is 0 Å². The van der Waals surface area contributed by atoms with Crippen LogP contribution >= 0.6 is 0 Å². The van der Waals surface area contributed by atoms with E-state index in [1.165, 1.54) is 6.20 Å². The van der Waals surface area contributed by atoms with Crippen LogP contribution in [0.25, 0.3) is 0 Å². The zero-order chi connectivity index (χ0) is 8.27. The summed E-state index contributed by atoms with van der Waals surface area (Å²) in [5, 5.41) is 7.05. The summed E-state index contributed by atoms with van der Waals surface area (Å²) in [6.45, 7) is 0.244. The van der Waals surface area contributed by atoms with Crippen molar-refractivity contribution in [2.24, 2.45) is 11.5 Å². The molecule has 5 heteroatoms.